The largest absolute Gasteiger partial charge is 0.480 e. The van der Waals surface area contributed by atoms with Crippen LogP contribution in [0.25, 0.3) is 0 Å². The minimum atomic E-state index is -0.984. The Hall–Kier alpha value is -0.540. The van der Waals surface area contributed by atoms with Crippen LogP contribution in [0.1, 0.15) is 6.42 Å². The molecule has 0 radical (unpaired) electrons. The van der Waals surface area contributed by atoms with E-state index in [-0.39, 0.29) is 18.3 Å². The molecule has 0 aromatic carbocycles. The fourth-order valence-corrected chi connectivity index (χ4v) is 0.845. The summed E-state index contributed by atoms with van der Waals surface area (Å²) in [6.07, 6.45) is 2.12. The summed E-state index contributed by atoms with van der Waals surface area (Å²) in [5.41, 5.74) is 4.39. The van der Waals surface area contributed by atoms with E-state index in [4.69, 9.17) is 10.8 Å². The molecule has 0 spiro atoms. The van der Waals surface area contributed by atoms with Crippen LogP contribution in [-0.2, 0) is 4.79 Å². The van der Waals surface area contributed by atoms with Gasteiger partial charge in [0.2, 0.25) is 0 Å². The van der Waals surface area contributed by atoms with Crippen LogP contribution in [0.3, 0.4) is 0 Å². The first-order valence-electron chi connectivity index (χ1n) is 2.76. The third-order valence-corrected chi connectivity index (χ3v) is 1.74. The van der Waals surface area contributed by atoms with E-state index in [1.165, 1.54) is 0 Å². The first-order valence-corrected chi connectivity index (χ1v) is 2.76. The Morgan fingerprint density at radius 1 is 1.90 bits per heavy atom. The lowest BCUT2D eigenvalue weighted by molar-refractivity contribution is -0.139. The molecule has 0 aromatic rings. The van der Waals surface area contributed by atoms with Gasteiger partial charge in [0.1, 0.15) is 5.54 Å². The minimum Gasteiger partial charge on any atom is -0.480 e. The van der Waals surface area contributed by atoms with Crippen LogP contribution in [0.4, 0.5) is 0 Å². The third kappa shape index (κ3) is 1.15. The highest BCUT2D eigenvalue weighted by atomic mass is 35.5. The van der Waals surface area contributed by atoms with Gasteiger partial charge in [-0.15, -0.1) is 19.0 Å². The number of aliphatic carboxylic acids is 1. The first-order chi connectivity index (χ1) is 4.11. The Kier molecular flexibility index (Phi) is 2.46. The van der Waals surface area contributed by atoms with Gasteiger partial charge in [-0.1, -0.05) is 6.08 Å². The maximum atomic E-state index is 10.3. The average molecular weight is 164 g/mol. The second kappa shape index (κ2) is 2.60. The highest BCUT2D eigenvalue weighted by molar-refractivity contribution is 5.85. The van der Waals surface area contributed by atoms with E-state index in [2.05, 4.69) is 6.58 Å². The van der Waals surface area contributed by atoms with E-state index < -0.39 is 11.5 Å². The molecule has 1 aliphatic carbocycles. The summed E-state index contributed by atoms with van der Waals surface area (Å²) in [6.45, 7) is 3.46. The molecular weight excluding hydrogens is 154 g/mol. The molecule has 3 nitrogen and oxygen atoms in total. The lowest BCUT2D eigenvalue weighted by Crippen LogP contribution is -2.34. The van der Waals surface area contributed by atoms with Crippen LogP contribution in [0, 0.1) is 5.92 Å². The summed E-state index contributed by atoms with van der Waals surface area (Å²) in [5, 5.41) is 8.44. The van der Waals surface area contributed by atoms with E-state index >= 15 is 0 Å². The smallest absolute Gasteiger partial charge is 0.324 e. The molecule has 2 atom stereocenters. The maximum Gasteiger partial charge on any atom is 0.324 e. The van der Waals surface area contributed by atoms with Gasteiger partial charge in [-0.25, -0.2) is 0 Å². The van der Waals surface area contributed by atoms with Crippen molar-refractivity contribution in [3.63, 3.8) is 0 Å². The van der Waals surface area contributed by atoms with Crippen LogP contribution in [0.5, 0.6) is 0 Å². The topological polar surface area (TPSA) is 63.3 Å². The number of hydrogen-bond donors (Lipinski definition) is 2. The van der Waals surface area contributed by atoms with E-state index in [0.717, 1.165) is 0 Å². The van der Waals surface area contributed by atoms with E-state index in [0.29, 0.717) is 6.42 Å². The van der Waals surface area contributed by atoms with E-state index in [9.17, 15) is 4.79 Å². The fraction of sp³-hybridized carbons (Fsp3) is 0.500. The van der Waals surface area contributed by atoms with Crippen molar-refractivity contribution in [2.45, 2.75) is 12.0 Å². The van der Waals surface area contributed by atoms with Crippen molar-refractivity contribution in [3.05, 3.63) is 12.7 Å². The second-order valence-electron chi connectivity index (χ2n) is 2.39. The number of nitrogens with two attached hydrogens (primary N) is 1. The van der Waals surface area contributed by atoms with Crippen molar-refractivity contribution in [2.75, 3.05) is 0 Å². The summed E-state index contributed by atoms with van der Waals surface area (Å²) in [4.78, 5) is 10.3. The minimum absolute atomic E-state index is 0. The molecule has 0 heterocycles. The molecule has 0 bridgehead atoms. The molecule has 4 heteroatoms. The van der Waals surface area contributed by atoms with Crippen molar-refractivity contribution < 1.29 is 9.90 Å². The van der Waals surface area contributed by atoms with Crippen LogP contribution in [0.15, 0.2) is 12.7 Å². The van der Waals surface area contributed by atoms with Gasteiger partial charge in [0.15, 0.2) is 0 Å². The molecule has 1 fully saturated rings. The van der Waals surface area contributed by atoms with E-state index in [1.54, 1.807) is 6.08 Å². The predicted molar refractivity (Wildman–Crippen MR) is 40.1 cm³/mol. The van der Waals surface area contributed by atoms with Gasteiger partial charge in [-0.05, 0) is 6.42 Å². The average Bonchev–Trinajstić information content (AvgIpc) is 2.44. The molecule has 0 aromatic heterocycles. The van der Waals surface area contributed by atoms with Crippen molar-refractivity contribution in [2.24, 2.45) is 11.7 Å². The molecule has 1 aliphatic rings. The first kappa shape index (κ1) is 9.46. The highest BCUT2D eigenvalue weighted by Crippen LogP contribution is 2.41. The fourth-order valence-electron chi connectivity index (χ4n) is 0.845. The Morgan fingerprint density at radius 2 is 2.40 bits per heavy atom. The number of carboxylic acids is 1. The van der Waals surface area contributed by atoms with Gasteiger partial charge in [0.05, 0.1) is 0 Å². The molecule has 3 N–H and O–H groups in total. The van der Waals surface area contributed by atoms with Crippen molar-refractivity contribution >= 4 is 18.4 Å². The highest BCUT2D eigenvalue weighted by Gasteiger charge is 2.55. The summed E-state index contributed by atoms with van der Waals surface area (Å²) < 4.78 is 0. The van der Waals surface area contributed by atoms with Gasteiger partial charge < -0.3 is 10.8 Å². The van der Waals surface area contributed by atoms with E-state index in [1.807, 2.05) is 0 Å². The monoisotopic (exact) mass is 163 g/mol. The van der Waals surface area contributed by atoms with Crippen LogP contribution in [0.2, 0.25) is 0 Å². The van der Waals surface area contributed by atoms with Gasteiger partial charge in [0.25, 0.3) is 0 Å². The molecule has 0 aliphatic heterocycles. The summed E-state index contributed by atoms with van der Waals surface area (Å²) >= 11 is 0. The zero-order valence-electron chi connectivity index (χ0n) is 5.41. The van der Waals surface area contributed by atoms with Crippen LogP contribution < -0.4 is 5.73 Å². The van der Waals surface area contributed by atoms with Gasteiger partial charge >= 0.3 is 5.97 Å². The summed E-state index contributed by atoms with van der Waals surface area (Å²) in [5.74, 6) is -0.942. The predicted octanol–water partition coefficient (Wildman–Crippen LogP) is 0.396. The number of rotatable bonds is 2. The maximum absolute atomic E-state index is 10.3. The van der Waals surface area contributed by atoms with Crippen molar-refractivity contribution in [3.8, 4) is 0 Å². The Balaban J connectivity index is 0.000000810. The molecule has 10 heavy (non-hydrogen) atoms. The van der Waals surface area contributed by atoms with Crippen molar-refractivity contribution in [1.29, 1.82) is 0 Å². The molecule has 0 amide bonds. The molecule has 58 valence electrons. The number of carboxylic acid groups (broad SMARTS) is 1. The SMILES string of the molecule is C=C[C@@H]1C[C@]1(N)C(=O)O.Cl. The number of hydrogen-bond acceptors (Lipinski definition) is 2. The summed E-state index contributed by atoms with van der Waals surface area (Å²) in [7, 11) is 0. The lowest BCUT2D eigenvalue weighted by atomic mass is 10.2. The van der Waals surface area contributed by atoms with Gasteiger partial charge in [-0.3, -0.25) is 4.79 Å². The van der Waals surface area contributed by atoms with Gasteiger partial charge in [-0.2, -0.15) is 0 Å². The van der Waals surface area contributed by atoms with Crippen LogP contribution >= 0.6 is 12.4 Å². The number of carbonyl (C=O) groups is 1. The lowest BCUT2D eigenvalue weighted by Gasteiger charge is -1.99. The quantitative estimate of drug-likeness (QED) is 0.580. The third-order valence-electron chi connectivity index (χ3n) is 1.74. The Bertz CT molecular complexity index is 171. The zero-order valence-corrected chi connectivity index (χ0v) is 6.23. The molecule has 1 saturated carbocycles. The van der Waals surface area contributed by atoms with Crippen LogP contribution in [-0.4, -0.2) is 16.6 Å². The Morgan fingerprint density at radius 3 is 2.50 bits per heavy atom. The van der Waals surface area contributed by atoms with Gasteiger partial charge in [0, 0.05) is 5.92 Å². The second-order valence-corrected chi connectivity index (χ2v) is 2.39. The standard InChI is InChI=1S/C6H9NO2.ClH/c1-2-4-3-6(4,7)5(8)9;/h2,4H,1,3,7H2,(H,8,9);1H/t4-,6-;/m1./s1. The molecule has 1 rings (SSSR count). The number of halogens is 1. The van der Waals surface area contributed by atoms with Crippen molar-refractivity contribution in [1.82, 2.24) is 0 Å². The zero-order chi connectivity index (χ0) is 7.07. The molecular formula is C6H10ClNO2. The normalized spacial score (nSPS) is 35.9. The summed E-state index contributed by atoms with van der Waals surface area (Å²) in [6, 6.07) is 0. The Labute approximate surface area is 65.3 Å². The molecule has 0 saturated heterocycles. The molecule has 0 unspecified atom stereocenters.